The van der Waals surface area contributed by atoms with Gasteiger partial charge in [-0.2, -0.15) is 10.2 Å². The van der Waals surface area contributed by atoms with Crippen molar-refractivity contribution in [3.05, 3.63) is 37.2 Å². The van der Waals surface area contributed by atoms with Crippen LogP contribution in [0.2, 0.25) is 0 Å². The van der Waals surface area contributed by atoms with Gasteiger partial charge in [0.2, 0.25) is 0 Å². The second kappa shape index (κ2) is 2.63. The summed E-state index contributed by atoms with van der Waals surface area (Å²) in [5, 5.41) is 8.04. The number of rotatable bonds is 1. The molecule has 0 bridgehead atoms. The van der Waals surface area contributed by atoms with Gasteiger partial charge in [0.15, 0.2) is 11.5 Å². The maximum Gasteiger partial charge on any atom is 0.159 e. The van der Waals surface area contributed by atoms with E-state index in [4.69, 9.17) is 0 Å². The molecule has 0 aliphatic heterocycles. The minimum absolute atomic E-state index is 0.732. The monoisotopic (exact) mass is 186 g/mol. The Hall–Kier alpha value is -2.24. The SMILES string of the molecule is c1ncn(-c2ccn3nccc3n2)n1. The van der Waals surface area contributed by atoms with Crippen molar-refractivity contribution in [1.82, 2.24) is 29.4 Å². The van der Waals surface area contributed by atoms with Crippen LogP contribution in [0.3, 0.4) is 0 Å². The molecule has 3 heterocycles. The molecule has 3 aromatic heterocycles. The zero-order valence-corrected chi connectivity index (χ0v) is 7.15. The zero-order valence-electron chi connectivity index (χ0n) is 7.15. The van der Waals surface area contributed by atoms with Crippen molar-refractivity contribution >= 4 is 5.65 Å². The van der Waals surface area contributed by atoms with E-state index in [1.54, 1.807) is 21.7 Å². The molecule has 0 aromatic carbocycles. The summed E-state index contributed by atoms with van der Waals surface area (Å²) >= 11 is 0. The van der Waals surface area contributed by atoms with E-state index in [-0.39, 0.29) is 0 Å². The van der Waals surface area contributed by atoms with Crippen LogP contribution in [0, 0.1) is 0 Å². The summed E-state index contributed by atoms with van der Waals surface area (Å²) < 4.78 is 3.30. The molecule has 0 saturated heterocycles. The Morgan fingerprint density at radius 3 is 3.00 bits per heavy atom. The van der Waals surface area contributed by atoms with Crippen LogP contribution in [0.1, 0.15) is 0 Å². The van der Waals surface area contributed by atoms with Gasteiger partial charge in [-0.25, -0.2) is 19.2 Å². The fourth-order valence-corrected chi connectivity index (χ4v) is 1.26. The first kappa shape index (κ1) is 7.19. The van der Waals surface area contributed by atoms with Gasteiger partial charge in [0.25, 0.3) is 0 Å². The fraction of sp³-hybridized carbons (Fsp3) is 0. The molecule has 0 spiro atoms. The van der Waals surface area contributed by atoms with Crippen molar-refractivity contribution in [3.8, 4) is 5.82 Å². The predicted molar refractivity (Wildman–Crippen MR) is 47.9 cm³/mol. The highest BCUT2D eigenvalue weighted by atomic mass is 15.4. The van der Waals surface area contributed by atoms with Gasteiger partial charge in [-0.1, -0.05) is 0 Å². The second-order valence-electron chi connectivity index (χ2n) is 2.76. The molecule has 14 heavy (non-hydrogen) atoms. The van der Waals surface area contributed by atoms with Crippen molar-refractivity contribution in [1.29, 1.82) is 0 Å². The summed E-state index contributed by atoms with van der Waals surface area (Å²) in [6, 6.07) is 3.66. The molecule has 3 aromatic rings. The Labute approximate surface area is 78.8 Å². The van der Waals surface area contributed by atoms with Crippen molar-refractivity contribution in [2.45, 2.75) is 0 Å². The summed E-state index contributed by atoms with van der Waals surface area (Å²) in [4.78, 5) is 8.19. The largest absolute Gasteiger partial charge is 0.223 e. The number of aromatic nitrogens is 6. The van der Waals surface area contributed by atoms with Gasteiger partial charge in [0, 0.05) is 18.3 Å². The van der Waals surface area contributed by atoms with Crippen molar-refractivity contribution in [2.24, 2.45) is 0 Å². The van der Waals surface area contributed by atoms with Crippen LogP contribution in [0.4, 0.5) is 0 Å². The summed E-state index contributed by atoms with van der Waals surface area (Å²) in [7, 11) is 0. The Balaban J connectivity index is 2.23. The lowest BCUT2D eigenvalue weighted by molar-refractivity contribution is 0.831. The standard InChI is InChI=1S/C8H6N6/c1-3-10-13-4-2-8(12-7(1)13)14-6-9-5-11-14/h1-6H. The van der Waals surface area contributed by atoms with E-state index in [2.05, 4.69) is 20.2 Å². The van der Waals surface area contributed by atoms with Crippen molar-refractivity contribution < 1.29 is 0 Å². The van der Waals surface area contributed by atoms with Gasteiger partial charge in [-0.05, 0) is 0 Å². The Kier molecular flexibility index (Phi) is 1.35. The third-order valence-corrected chi connectivity index (χ3v) is 1.90. The summed E-state index contributed by atoms with van der Waals surface area (Å²) in [6.45, 7) is 0. The van der Waals surface area contributed by atoms with Crippen LogP contribution in [-0.4, -0.2) is 29.4 Å². The third-order valence-electron chi connectivity index (χ3n) is 1.90. The van der Waals surface area contributed by atoms with Gasteiger partial charge >= 0.3 is 0 Å². The molecule has 0 amide bonds. The maximum atomic E-state index is 4.34. The Bertz CT molecular complexity index is 552. The molecule has 0 atom stereocenters. The molecule has 0 fully saturated rings. The second-order valence-corrected chi connectivity index (χ2v) is 2.76. The average molecular weight is 186 g/mol. The van der Waals surface area contributed by atoms with Gasteiger partial charge in [-0.15, -0.1) is 0 Å². The van der Waals surface area contributed by atoms with Crippen LogP contribution in [0.5, 0.6) is 0 Å². The fourth-order valence-electron chi connectivity index (χ4n) is 1.26. The summed E-state index contributed by atoms with van der Waals surface area (Å²) in [5.41, 5.74) is 0.790. The number of hydrogen-bond donors (Lipinski definition) is 0. The van der Waals surface area contributed by atoms with E-state index in [0.29, 0.717) is 0 Å². The Morgan fingerprint density at radius 1 is 1.14 bits per heavy atom. The lowest BCUT2D eigenvalue weighted by Crippen LogP contribution is -2.00. The highest BCUT2D eigenvalue weighted by molar-refractivity contribution is 5.39. The first-order valence-electron chi connectivity index (χ1n) is 4.09. The van der Waals surface area contributed by atoms with Crippen LogP contribution in [0.25, 0.3) is 11.5 Å². The van der Waals surface area contributed by atoms with Crippen LogP contribution in [-0.2, 0) is 0 Å². The quantitative estimate of drug-likeness (QED) is 0.548. The molecule has 0 saturated carbocycles. The minimum atomic E-state index is 0.732. The number of nitrogens with zero attached hydrogens (tertiary/aromatic N) is 6. The highest BCUT2D eigenvalue weighted by Crippen LogP contribution is 2.03. The number of fused-ring (bicyclic) bond motifs is 1. The molecular weight excluding hydrogens is 180 g/mol. The van der Waals surface area contributed by atoms with Crippen LogP contribution < -0.4 is 0 Å². The lowest BCUT2D eigenvalue weighted by atomic mass is 10.5. The smallest absolute Gasteiger partial charge is 0.159 e. The molecule has 6 heteroatoms. The summed E-state index contributed by atoms with van der Waals surface area (Å²) in [5.74, 6) is 0.732. The third kappa shape index (κ3) is 0.972. The van der Waals surface area contributed by atoms with Crippen LogP contribution >= 0.6 is 0 Å². The average Bonchev–Trinajstić information content (AvgIpc) is 2.88. The van der Waals surface area contributed by atoms with Gasteiger partial charge < -0.3 is 0 Å². The molecule has 0 aliphatic carbocycles. The Morgan fingerprint density at radius 2 is 2.14 bits per heavy atom. The molecular formula is C8H6N6. The normalized spacial score (nSPS) is 10.9. The first-order chi connectivity index (χ1) is 6.93. The van der Waals surface area contributed by atoms with Crippen molar-refractivity contribution in [2.75, 3.05) is 0 Å². The van der Waals surface area contributed by atoms with Crippen LogP contribution in [0.15, 0.2) is 37.2 Å². The van der Waals surface area contributed by atoms with Gasteiger partial charge in [0.05, 0.1) is 6.20 Å². The zero-order chi connectivity index (χ0) is 9.38. The van der Waals surface area contributed by atoms with Crippen molar-refractivity contribution in [3.63, 3.8) is 0 Å². The first-order valence-corrected chi connectivity index (χ1v) is 4.09. The minimum Gasteiger partial charge on any atom is -0.223 e. The lowest BCUT2D eigenvalue weighted by Gasteiger charge is -1.98. The molecule has 3 rings (SSSR count). The van der Waals surface area contributed by atoms with E-state index in [0.717, 1.165) is 11.5 Å². The highest BCUT2D eigenvalue weighted by Gasteiger charge is 2.00. The molecule has 0 N–H and O–H groups in total. The maximum absolute atomic E-state index is 4.34. The van der Waals surface area contributed by atoms with Gasteiger partial charge in [-0.3, -0.25) is 0 Å². The van der Waals surface area contributed by atoms with E-state index >= 15 is 0 Å². The molecule has 0 radical (unpaired) electrons. The topological polar surface area (TPSA) is 60.9 Å². The molecule has 6 nitrogen and oxygen atoms in total. The van der Waals surface area contributed by atoms with E-state index in [1.807, 2.05) is 18.3 Å². The predicted octanol–water partition coefficient (Wildman–Crippen LogP) is 0.310. The molecule has 68 valence electrons. The molecule has 0 unspecified atom stereocenters. The summed E-state index contributed by atoms with van der Waals surface area (Å²) in [6.07, 6.45) is 6.62. The molecule has 0 aliphatic rings. The number of hydrogen-bond acceptors (Lipinski definition) is 4. The van der Waals surface area contributed by atoms with E-state index in [9.17, 15) is 0 Å². The van der Waals surface area contributed by atoms with E-state index in [1.165, 1.54) is 6.33 Å². The van der Waals surface area contributed by atoms with E-state index < -0.39 is 0 Å². The van der Waals surface area contributed by atoms with Gasteiger partial charge in [0.1, 0.15) is 12.7 Å².